The molecular weight excluding hydrogens is 294 g/mol. The Balaban J connectivity index is 2.36. The fourth-order valence-electron chi connectivity index (χ4n) is 1.76. The van der Waals surface area contributed by atoms with Crippen molar-refractivity contribution in [2.45, 2.75) is 12.8 Å². The van der Waals surface area contributed by atoms with Gasteiger partial charge in [-0.25, -0.2) is 4.98 Å². The lowest BCUT2D eigenvalue weighted by molar-refractivity contribution is -0.136. The highest BCUT2D eigenvalue weighted by Gasteiger charge is 2.15. The number of aromatic nitrogens is 1. The summed E-state index contributed by atoms with van der Waals surface area (Å²) in [4.78, 5) is 26.1. The summed E-state index contributed by atoms with van der Waals surface area (Å²) in [5.41, 5.74) is 0.622. The van der Waals surface area contributed by atoms with E-state index in [1.807, 2.05) is 0 Å². The first-order chi connectivity index (χ1) is 10.4. The maximum Gasteiger partial charge on any atom is 0.303 e. The van der Waals surface area contributed by atoms with Crippen LogP contribution < -0.4 is 0 Å². The maximum atomic E-state index is 11.8. The van der Waals surface area contributed by atoms with Gasteiger partial charge in [-0.1, -0.05) is 23.7 Å². The number of hydrogen-bond acceptors (Lipinski definition) is 4. The van der Waals surface area contributed by atoms with E-state index in [4.69, 9.17) is 18.1 Å². The van der Waals surface area contributed by atoms with Crippen LogP contribution in [0.25, 0.3) is 11.1 Å². The first kappa shape index (κ1) is 13.6. The highest BCUT2D eigenvalue weighted by Crippen LogP contribution is 2.27. The second-order valence-electron chi connectivity index (χ2n) is 4.34. The number of hydrogen-bond donors (Lipinski definition) is 2. The van der Waals surface area contributed by atoms with E-state index >= 15 is 0 Å². The highest BCUT2D eigenvalue weighted by atomic mass is 35.5. The molecule has 0 aliphatic carbocycles. The Morgan fingerprint density at radius 3 is 2.67 bits per heavy atom. The number of nitrogens with zero attached hydrogens (tertiary/aromatic N) is 1. The summed E-state index contributed by atoms with van der Waals surface area (Å²) < 4.78 is 7.89. The second kappa shape index (κ2) is 6.37. The van der Waals surface area contributed by atoms with Gasteiger partial charge < -0.3 is 10.2 Å². The Morgan fingerprint density at radius 2 is 2.00 bits per heavy atom. The fourth-order valence-corrected chi connectivity index (χ4v) is 1.95. The average molecular weight is 307 g/mol. The second-order valence-corrected chi connectivity index (χ2v) is 4.78. The van der Waals surface area contributed by atoms with Crippen LogP contribution in [-0.4, -0.2) is 26.9 Å². The van der Waals surface area contributed by atoms with E-state index in [9.17, 15) is 14.7 Å². The van der Waals surface area contributed by atoms with Gasteiger partial charge in [-0.3, -0.25) is 9.59 Å². The molecule has 2 N–H and O–H groups in total. The van der Waals surface area contributed by atoms with E-state index in [1.165, 1.54) is 6.07 Å². The third kappa shape index (κ3) is 3.79. The molecule has 1 aromatic heterocycles. The van der Waals surface area contributed by atoms with Crippen molar-refractivity contribution in [1.29, 1.82) is 0 Å². The molecule has 21 heavy (non-hydrogen) atoms. The molecule has 0 aliphatic rings. The lowest BCUT2D eigenvalue weighted by atomic mass is 10.1. The van der Waals surface area contributed by atoms with Crippen molar-refractivity contribution in [2.75, 3.05) is 0 Å². The third-order valence-electron chi connectivity index (χ3n) is 2.78. The van der Waals surface area contributed by atoms with Crippen LogP contribution in [0.4, 0.5) is 0 Å². The monoisotopic (exact) mass is 306 g/mol. The maximum absolute atomic E-state index is 11.8. The minimum absolute atomic E-state index is 0.196. The highest BCUT2D eigenvalue weighted by molar-refractivity contribution is 6.30. The van der Waals surface area contributed by atoms with Gasteiger partial charge in [0.25, 0.3) is 0 Å². The van der Waals surface area contributed by atoms with Crippen molar-refractivity contribution >= 4 is 23.4 Å². The smallest absolute Gasteiger partial charge is 0.303 e. The van der Waals surface area contributed by atoms with Crippen LogP contribution in [0.15, 0.2) is 36.5 Å². The molecule has 0 saturated heterocycles. The van der Waals surface area contributed by atoms with Gasteiger partial charge in [-0.2, -0.15) is 0 Å². The predicted octanol–water partition coefficient (Wildman–Crippen LogP) is 3.16. The Bertz CT molecular complexity index is 748. The van der Waals surface area contributed by atoms with Crippen LogP contribution in [0, 0.1) is 0 Å². The number of ketones is 1. The number of carbonyl (C=O) groups excluding carboxylic acids is 1. The van der Waals surface area contributed by atoms with E-state index in [2.05, 4.69) is 4.98 Å². The minimum Gasteiger partial charge on any atom is -0.506 e. The number of carbonyl (C=O) groups is 2. The third-order valence-corrected chi connectivity index (χ3v) is 3.01. The quantitative estimate of drug-likeness (QED) is 0.828. The van der Waals surface area contributed by atoms with Gasteiger partial charge in [0.2, 0.25) is 0 Å². The first-order valence-corrected chi connectivity index (χ1v) is 6.48. The summed E-state index contributed by atoms with van der Waals surface area (Å²) in [6.07, 6.45) is -0.839. The fraction of sp³-hybridized carbons (Fsp3) is 0.133. The van der Waals surface area contributed by atoms with Gasteiger partial charge in [0.15, 0.2) is 5.78 Å². The number of aliphatic carboxylic acids is 1. The zero-order chi connectivity index (χ0) is 16.3. The molecule has 1 aromatic carbocycles. The van der Waals surface area contributed by atoms with Crippen molar-refractivity contribution in [3.05, 3.63) is 47.2 Å². The largest absolute Gasteiger partial charge is 0.506 e. The van der Waals surface area contributed by atoms with Gasteiger partial charge in [-0.15, -0.1) is 0 Å². The number of carboxylic acids is 1. The Kier molecular flexibility index (Phi) is 4.12. The van der Waals surface area contributed by atoms with Crippen LogP contribution in [0.1, 0.15) is 24.7 Å². The first-order valence-electron chi connectivity index (χ1n) is 6.60. The molecule has 108 valence electrons. The van der Waals surface area contributed by atoms with E-state index < -0.39 is 11.8 Å². The van der Waals surface area contributed by atoms with E-state index in [0.29, 0.717) is 16.1 Å². The SMILES string of the molecule is [2H]c1nc(C(=O)CCC(=O)O)c(O)cc1-c1cccc(Cl)c1. The Morgan fingerprint density at radius 1 is 1.24 bits per heavy atom. The summed E-state index contributed by atoms with van der Waals surface area (Å²) in [5, 5.41) is 19.0. The molecule has 1 heterocycles. The van der Waals surface area contributed by atoms with E-state index in [1.54, 1.807) is 24.3 Å². The number of halogens is 1. The molecule has 0 atom stereocenters. The number of Topliss-reactive ketones (excluding diaryl/α,β-unsaturated/α-hetero) is 1. The molecule has 0 spiro atoms. The molecule has 0 aliphatic heterocycles. The van der Waals surface area contributed by atoms with Gasteiger partial charge in [0.1, 0.15) is 11.4 Å². The predicted molar refractivity (Wildman–Crippen MR) is 77.5 cm³/mol. The molecule has 0 fully saturated rings. The van der Waals surface area contributed by atoms with Crippen molar-refractivity contribution < 1.29 is 21.2 Å². The van der Waals surface area contributed by atoms with Gasteiger partial charge in [-0.05, 0) is 23.8 Å². The molecule has 5 nitrogen and oxygen atoms in total. The van der Waals surface area contributed by atoms with Gasteiger partial charge >= 0.3 is 5.97 Å². The summed E-state index contributed by atoms with van der Waals surface area (Å²) in [6.45, 7) is 0. The van der Waals surface area contributed by atoms with E-state index in [0.717, 1.165) is 0 Å². The number of pyridine rings is 1. The molecule has 0 saturated carbocycles. The standard InChI is InChI=1S/C15H12ClNO4/c16-11-3-1-2-9(6-11)10-7-13(19)15(17-8-10)12(18)4-5-14(20)21/h1-3,6-8,19H,4-5H2,(H,20,21)/i8D. The Labute approximate surface area is 127 Å². The summed E-state index contributed by atoms with van der Waals surface area (Å²) in [5.74, 6) is -2.12. The minimum atomic E-state index is -1.12. The summed E-state index contributed by atoms with van der Waals surface area (Å²) in [6, 6.07) is 7.94. The number of aromatic hydroxyl groups is 1. The number of benzene rings is 1. The van der Waals surface area contributed by atoms with Crippen molar-refractivity contribution in [1.82, 2.24) is 4.98 Å². The molecule has 0 unspecified atom stereocenters. The van der Waals surface area contributed by atoms with Crippen molar-refractivity contribution in [3.63, 3.8) is 0 Å². The normalized spacial score (nSPS) is 11.0. The molecule has 0 radical (unpaired) electrons. The van der Waals surface area contributed by atoms with Crippen LogP contribution in [0.3, 0.4) is 0 Å². The van der Waals surface area contributed by atoms with Gasteiger partial charge in [0, 0.05) is 23.2 Å². The number of rotatable bonds is 5. The van der Waals surface area contributed by atoms with Crippen molar-refractivity contribution in [2.24, 2.45) is 0 Å². The van der Waals surface area contributed by atoms with Gasteiger partial charge in [0.05, 0.1) is 7.79 Å². The zero-order valence-corrected chi connectivity index (χ0v) is 11.6. The molecule has 6 heteroatoms. The zero-order valence-electron chi connectivity index (χ0n) is 11.8. The lowest BCUT2D eigenvalue weighted by Gasteiger charge is -2.06. The lowest BCUT2D eigenvalue weighted by Crippen LogP contribution is -2.06. The number of carboxylic acid groups (broad SMARTS) is 1. The summed E-state index contributed by atoms with van der Waals surface area (Å²) >= 11 is 5.89. The molecule has 0 amide bonds. The summed E-state index contributed by atoms with van der Waals surface area (Å²) in [7, 11) is 0. The molecule has 2 aromatic rings. The van der Waals surface area contributed by atoms with E-state index in [-0.39, 0.29) is 30.5 Å². The topological polar surface area (TPSA) is 87.5 Å². The molecule has 0 bridgehead atoms. The van der Waals surface area contributed by atoms with Crippen molar-refractivity contribution in [3.8, 4) is 16.9 Å². The van der Waals surface area contributed by atoms with Crippen LogP contribution in [0.2, 0.25) is 5.02 Å². The molecule has 2 rings (SSSR count). The Hall–Kier alpha value is -2.40. The van der Waals surface area contributed by atoms with Crippen LogP contribution in [-0.2, 0) is 4.79 Å². The van der Waals surface area contributed by atoms with Crippen LogP contribution in [0.5, 0.6) is 5.75 Å². The molecular formula is C15H12ClNO4. The van der Waals surface area contributed by atoms with Crippen LogP contribution >= 0.6 is 11.6 Å². The average Bonchev–Trinajstić information content (AvgIpc) is 2.46.